The number of hydrogen-bond acceptors (Lipinski definition) is 6. The summed E-state index contributed by atoms with van der Waals surface area (Å²) in [5.41, 5.74) is 0.353. The summed E-state index contributed by atoms with van der Waals surface area (Å²) >= 11 is 1.33. The minimum atomic E-state index is -3.57. The summed E-state index contributed by atoms with van der Waals surface area (Å²) in [6.45, 7) is 5.53. The molecule has 0 saturated heterocycles. The molecule has 2 aromatic rings. The van der Waals surface area contributed by atoms with Gasteiger partial charge >= 0.3 is 0 Å². The molecule has 0 spiro atoms. The van der Waals surface area contributed by atoms with Crippen molar-refractivity contribution in [1.82, 2.24) is 14.9 Å². The number of nitrogens with zero attached hydrogens (tertiary/aromatic N) is 2. The van der Waals surface area contributed by atoms with Gasteiger partial charge in [0.1, 0.15) is 5.01 Å². The number of carbonyl (C=O) groups excluding carboxylic acids is 1. The van der Waals surface area contributed by atoms with Crippen molar-refractivity contribution in [3.63, 3.8) is 0 Å². The predicted octanol–water partition coefficient (Wildman–Crippen LogP) is 2.43. The molecule has 0 fully saturated rings. The highest BCUT2D eigenvalue weighted by Gasteiger charge is 2.16. The summed E-state index contributed by atoms with van der Waals surface area (Å²) in [5.74, 6) is -0.352. The van der Waals surface area contributed by atoms with Crippen molar-refractivity contribution in [2.75, 3.05) is 5.32 Å². The number of rotatable bonds is 7. The molecule has 24 heavy (non-hydrogen) atoms. The molecule has 7 nitrogen and oxygen atoms in total. The molecule has 2 N–H and O–H groups in total. The first kappa shape index (κ1) is 18.5. The van der Waals surface area contributed by atoms with E-state index in [4.69, 9.17) is 0 Å². The third-order valence-electron chi connectivity index (χ3n) is 2.97. The number of aryl methyl sites for hydroxylation is 1. The van der Waals surface area contributed by atoms with Crippen molar-refractivity contribution in [2.24, 2.45) is 0 Å². The topological polar surface area (TPSA) is 101 Å². The molecule has 1 aromatic carbocycles. The van der Waals surface area contributed by atoms with E-state index in [2.05, 4.69) is 20.2 Å². The number of aromatic nitrogens is 2. The Morgan fingerprint density at radius 3 is 2.46 bits per heavy atom. The Bertz CT molecular complexity index is 798. The molecule has 0 aliphatic heterocycles. The van der Waals surface area contributed by atoms with E-state index in [1.54, 1.807) is 13.8 Å². The van der Waals surface area contributed by atoms with Gasteiger partial charge in [0, 0.05) is 18.0 Å². The minimum Gasteiger partial charge on any atom is -0.296 e. The van der Waals surface area contributed by atoms with Crippen LogP contribution in [-0.2, 0) is 16.4 Å². The van der Waals surface area contributed by atoms with Crippen LogP contribution in [0.3, 0.4) is 0 Å². The monoisotopic (exact) mass is 368 g/mol. The second-order valence-electron chi connectivity index (χ2n) is 5.51. The van der Waals surface area contributed by atoms with E-state index in [1.807, 2.05) is 6.92 Å². The van der Waals surface area contributed by atoms with E-state index in [9.17, 15) is 13.2 Å². The van der Waals surface area contributed by atoms with Crippen LogP contribution in [0.15, 0.2) is 29.2 Å². The number of amides is 1. The van der Waals surface area contributed by atoms with Crippen LogP contribution in [0, 0.1) is 0 Å². The predicted molar refractivity (Wildman–Crippen MR) is 93.8 cm³/mol. The van der Waals surface area contributed by atoms with E-state index < -0.39 is 10.0 Å². The highest BCUT2D eigenvalue weighted by molar-refractivity contribution is 7.89. The third-order valence-corrected chi connectivity index (χ3v) is 5.54. The molecule has 2 rings (SSSR count). The zero-order valence-electron chi connectivity index (χ0n) is 13.7. The summed E-state index contributed by atoms with van der Waals surface area (Å²) in [6.07, 6.45) is 1.78. The molecular formula is C15H20N4O3S2. The fourth-order valence-corrected chi connectivity index (χ4v) is 4.04. The van der Waals surface area contributed by atoms with Gasteiger partial charge in [-0.25, -0.2) is 13.1 Å². The number of benzene rings is 1. The zero-order chi connectivity index (χ0) is 17.7. The van der Waals surface area contributed by atoms with Gasteiger partial charge in [0.05, 0.1) is 4.90 Å². The fourth-order valence-electron chi connectivity index (χ4n) is 1.95. The van der Waals surface area contributed by atoms with Crippen molar-refractivity contribution in [1.29, 1.82) is 0 Å². The van der Waals surface area contributed by atoms with Crippen LogP contribution in [0.1, 0.15) is 42.6 Å². The minimum absolute atomic E-state index is 0.119. The van der Waals surface area contributed by atoms with E-state index >= 15 is 0 Å². The number of nitrogens with one attached hydrogen (secondary N) is 2. The van der Waals surface area contributed by atoms with Gasteiger partial charge in [0.25, 0.3) is 5.91 Å². The van der Waals surface area contributed by atoms with Crippen molar-refractivity contribution in [3.05, 3.63) is 34.8 Å². The van der Waals surface area contributed by atoms with Crippen LogP contribution in [0.25, 0.3) is 0 Å². The van der Waals surface area contributed by atoms with Crippen LogP contribution < -0.4 is 10.0 Å². The largest absolute Gasteiger partial charge is 0.296 e. The second-order valence-corrected chi connectivity index (χ2v) is 8.28. The van der Waals surface area contributed by atoms with Crippen LogP contribution in [0.5, 0.6) is 0 Å². The normalized spacial score (nSPS) is 11.7. The van der Waals surface area contributed by atoms with Gasteiger partial charge in [0.15, 0.2) is 0 Å². The molecule has 9 heteroatoms. The lowest BCUT2D eigenvalue weighted by atomic mass is 10.2. The third kappa shape index (κ3) is 4.83. The molecule has 1 aromatic heterocycles. The summed E-state index contributed by atoms with van der Waals surface area (Å²) in [4.78, 5) is 12.3. The van der Waals surface area contributed by atoms with Gasteiger partial charge in [-0.3, -0.25) is 10.1 Å². The summed E-state index contributed by atoms with van der Waals surface area (Å²) in [6, 6.07) is 5.55. The summed E-state index contributed by atoms with van der Waals surface area (Å²) in [5, 5.41) is 11.9. The maximum absolute atomic E-state index is 12.2. The number of sulfonamides is 1. The first-order chi connectivity index (χ1) is 11.3. The van der Waals surface area contributed by atoms with Crippen molar-refractivity contribution >= 4 is 32.4 Å². The van der Waals surface area contributed by atoms with Crippen molar-refractivity contribution < 1.29 is 13.2 Å². The van der Waals surface area contributed by atoms with Crippen molar-refractivity contribution in [2.45, 2.75) is 44.6 Å². The summed E-state index contributed by atoms with van der Waals surface area (Å²) < 4.78 is 26.6. The Morgan fingerprint density at radius 1 is 1.21 bits per heavy atom. The van der Waals surface area contributed by atoms with Crippen molar-refractivity contribution in [3.8, 4) is 0 Å². The molecule has 0 aliphatic carbocycles. The Kier molecular flexibility index (Phi) is 6.03. The quantitative estimate of drug-likeness (QED) is 0.782. The lowest BCUT2D eigenvalue weighted by Crippen LogP contribution is -2.30. The van der Waals surface area contributed by atoms with Gasteiger partial charge in [-0.2, -0.15) is 0 Å². The zero-order valence-corrected chi connectivity index (χ0v) is 15.4. The first-order valence-corrected chi connectivity index (χ1v) is 9.88. The van der Waals surface area contributed by atoms with Gasteiger partial charge in [-0.05, 0) is 44.5 Å². The Morgan fingerprint density at radius 2 is 1.88 bits per heavy atom. The van der Waals surface area contributed by atoms with Gasteiger partial charge in [0.2, 0.25) is 15.2 Å². The summed E-state index contributed by atoms with van der Waals surface area (Å²) in [7, 11) is -3.57. The smallest absolute Gasteiger partial charge is 0.257 e. The SMILES string of the molecule is CCCc1nnc(NC(=O)c2ccc(S(=O)(=O)NC(C)C)cc2)s1. The van der Waals surface area contributed by atoms with Crippen LogP contribution >= 0.6 is 11.3 Å². The average molecular weight is 368 g/mol. The van der Waals surface area contributed by atoms with Crippen LogP contribution in [0.4, 0.5) is 5.13 Å². The molecule has 0 unspecified atom stereocenters. The average Bonchev–Trinajstić information content (AvgIpc) is 2.93. The fraction of sp³-hybridized carbons (Fsp3) is 0.400. The second kappa shape index (κ2) is 7.82. The molecule has 0 saturated carbocycles. The van der Waals surface area contributed by atoms with Gasteiger partial charge < -0.3 is 0 Å². The molecule has 1 amide bonds. The first-order valence-electron chi connectivity index (χ1n) is 7.58. The number of anilines is 1. The van der Waals surface area contributed by atoms with Gasteiger partial charge in [-0.15, -0.1) is 10.2 Å². The maximum Gasteiger partial charge on any atom is 0.257 e. The Hall–Kier alpha value is -1.84. The van der Waals surface area contributed by atoms with E-state index in [-0.39, 0.29) is 16.8 Å². The standard InChI is InChI=1S/C15H20N4O3S2/c1-4-5-13-17-18-15(23-13)16-14(20)11-6-8-12(9-7-11)24(21,22)19-10(2)3/h6-10,19H,4-5H2,1-3H3,(H,16,18,20). The Labute approximate surface area is 145 Å². The number of carbonyl (C=O) groups is 1. The van der Waals surface area contributed by atoms with E-state index in [0.29, 0.717) is 10.7 Å². The maximum atomic E-state index is 12.2. The highest BCUT2D eigenvalue weighted by Crippen LogP contribution is 2.18. The molecule has 0 atom stereocenters. The number of hydrogen-bond donors (Lipinski definition) is 2. The Balaban J connectivity index is 2.08. The van der Waals surface area contributed by atoms with Crippen LogP contribution in [-0.4, -0.2) is 30.6 Å². The molecule has 0 radical (unpaired) electrons. The molecular weight excluding hydrogens is 348 g/mol. The highest BCUT2D eigenvalue weighted by atomic mass is 32.2. The van der Waals surface area contributed by atoms with Gasteiger partial charge in [-0.1, -0.05) is 18.3 Å². The van der Waals surface area contributed by atoms with E-state index in [0.717, 1.165) is 17.8 Å². The van der Waals surface area contributed by atoms with E-state index in [1.165, 1.54) is 35.6 Å². The molecule has 0 aliphatic rings. The molecule has 0 bridgehead atoms. The lowest BCUT2D eigenvalue weighted by Gasteiger charge is -2.09. The molecule has 130 valence electrons. The lowest BCUT2D eigenvalue weighted by molar-refractivity contribution is 0.102. The van der Waals surface area contributed by atoms with Crippen LogP contribution in [0.2, 0.25) is 0 Å². The molecule has 1 heterocycles.